The molecule has 16 heavy (non-hydrogen) atoms. The molecule has 0 bridgehead atoms. The molecule has 1 N–H and O–H groups in total. The summed E-state index contributed by atoms with van der Waals surface area (Å²) in [6, 6.07) is 15.9. The fourth-order valence-corrected chi connectivity index (χ4v) is 2.35. The van der Waals surface area contributed by atoms with Gasteiger partial charge in [-0.2, -0.15) is 0 Å². The van der Waals surface area contributed by atoms with Crippen LogP contribution in [-0.2, 0) is 5.75 Å². The van der Waals surface area contributed by atoms with E-state index in [1.54, 1.807) is 23.9 Å². The third-order valence-corrected chi connectivity index (χ3v) is 3.41. The van der Waals surface area contributed by atoms with Gasteiger partial charge in [0.15, 0.2) is 0 Å². The summed E-state index contributed by atoms with van der Waals surface area (Å²) in [6.45, 7) is 2.11. The number of benzene rings is 2. The maximum absolute atomic E-state index is 9.17. The van der Waals surface area contributed by atoms with E-state index in [0.29, 0.717) is 5.75 Å². The monoisotopic (exact) mass is 230 g/mol. The molecule has 0 aliphatic heterocycles. The highest BCUT2D eigenvalue weighted by Crippen LogP contribution is 2.24. The number of hydrogen-bond donors (Lipinski definition) is 1. The number of aryl methyl sites for hydroxylation is 1. The lowest BCUT2D eigenvalue weighted by molar-refractivity contribution is 0.475. The number of hydrogen-bond acceptors (Lipinski definition) is 2. The Morgan fingerprint density at radius 1 is 1.06 bits per heavy atom. The van der Waals surface area contributed by atoms with E-state index in [-0.39, 0.29) is 0 Å². The first-order valence-electron chi connectivity index (χ1n) is 5.21. The van der Waals surface area contributed by atoms with Gasteiger partial charge in [-0.15, -0.1) is 11.8 Å². The zero-order chi connectivity index (χ0) is 11.4. The van der Waals surface area contributed by atoms with Crippen molar-refractivity contribution in [1.82, 2.24) is 0 Å². The second-order valence-corrected chi connectivity index (χ2v) is 4.82. The fourth-order valence-electron chi connectivity index (χ4n) is 1.51. The molecule has 2 aromatic rings. The fraction of sp³-hybridized carbons (Fsp3) is 0.143. The van der Waals surface area contributed by atoms with Crippen molar-refractivity contribution in [1.29, 1.82) is 0 Å². The molecule has 2 heteroatoms. The van der Waals surface area contributed by atoms with Crippen molar-refractivity contribution < 1.29 is 5.11 Å². The summed E-state index contributed by atoms with van der Waals surface area (Å²) < 4.78 is 0. The molecular formula is C14H14OS. The van der Waals surface area contributed by atoms with Crippen molar-refractivity contribution in [2.45, 2.75) is 17.6 Å². The number of phenols is 1. The van der Waals surface area contributed by atoms with Crippen LogP contribution in [0.25, 0.3) is 0 Å². The lowest BCUT2D eigenvalue weighted by Crippen LogP contribution is -1.81. The predicted molar refractivity (Wildman–Crippen MR) is 68.8 cm³/mol. The largest absolute Gasteiger partial charge is 0.508 e. The van der Waals surface area contributed by atoms with Gasteiger partial charge >= 0.3 is 0 Å². The van der Waals surface area contributed by atoms with Gasteiger partial charge in [0.1, 0.15) is 5.75 Å². The Hall–Kier alpha value is -1.41. The van der Waals surface area contributed by atoms with Crippen LogP contribution < -0.4 is 0 Å². The van der Waals surface area contributed by atoms with Crippen molar-refractivity contribution in [2.24, 2.45) is 0 Å². The van der Waals surface area contributed by atoms with Crippen LogP contribution in [0.15, 0.2) is 53.4 Å². The standard InChI is InChI=1S/C14H14OS/c1-11-3-2-4-12(9-11)10-16-14-7-5-13(15)6-8-14/h2-9,15H,10H2,1H3. The van der Waals surface area contributed by atoms with Crippen molar-refractivity contribution in [3.63, 3.8) is 0 Å². The van der Waals surface area contributed by atoms with Gasteiger partial charge in [-0.1, -0.05) is 29.8 Å². The van der Waals surface area contributed by atoms with E-state index in [2.05, 4.69) is 31.2 Å². The Labute approximate surface area is 100 Å². The molecule has 0 aliphatic carbocycles. The van der Waals surface area contributed by atoms with E-state index in [9.17, 15) is 0 Å². The lowest BCUT2D eigenvalue weighted by Gasteiger charge is -2.03. The zero-order valence-corrected chi connectivity index (χ0v) is 10.00. The van der Waals surface area contributed by atoms with Crippen LogP contribution in [-0.4, -0.2) is 5.11 Å². The summed E-state index contributed by atoms with van der Waals surface area (Å²) in [7, 11) is 0. The summed E-state index contributed by atoms with van der Waals surface area (Å²) in [5, 5.41) is 9.17. The molecule has 0 radical (unpaired) electrons. The van der Waals surface area contributed by atoms with E-state index in [0.717, 1.165) is 5.75 Å². The minimum absolute atomic E-state index is 0.319. The quantitative estimate of drug-likeness (QED) is 0.804. The molecular weight excluding hydrogens is 216 g/mol. The van der Waals surface area contributed by atoms with Crippen LogP contribution in [0.1, 0.15) is 11.1 Å². The number of phenolic OH excluding ortho intramolecular Hbond substituents is 1. The van der Waals surface area contributed by atoms with Crippen LogP contribution >= 0.6 is 11.8 Å². The molecule has 0 heterocycles. The van der Waals surface area contributed by atoms with Gasteiger partial charge in [0.05, 0.1) is 0 Å². The first-order chi connectivity index (χ1) is 7.74. The van der Waals surface area contributed by atoms with Gasteiger partial charge in [0, 0.05) is 10.6 Å². The molecule has 0 saturated heterocycles. The summed E-state index contributed by atoms with van der Waals surface area (Å²) in [5.41, 5.74) is 2.63. The number of thioether (sulfide) groups is 1. The predicted octanol–water partition coefficient (Wildman–Crippen LogP) is 3.99. The van der Waals surface area contributed by atoms with Crippen molar-refractivity contribution in [3.8, 4) is 5.75 Å². The molecule has 0 atom stereocenters. The molecule has 0 fully saturated rings. The smallest absolute Gasteiger partial charge is 0.115 e. The molecule has 0 saturated carbocycles. The summed E-state index contributed by atoms with van der Waals surface area (Å²) in [6.07, 6.45) is 0. The Morgan fingerprint density at radius 2 is 1.81 bits per heavy atom. The van der Waals surface area contributed by atoms with E-state index in [1.807, 2.05) is 12.1 Å². The van der Waals surface area contributed by atoms with Gasteiger partial charge in [-0.3, -0.25) is 0 Å². The van der Waals surface area contributed by atoms with E-state index >= 15 is 0 Å². The van der Waals surface area contributed by atoms with Gasteiger partial charge in [-0.05, 0) is 36.8 Å². The first kappa shape index (κ1) is 11.1. The van der Waals surface area contributed by atoms with E-state index < -0.39 is 0 Å². The number of rotatable bonds is 3. The second-order valence-electron chi connectivity index (χ2n) is 3.77. The topological polar surface area (TPSA) is 20.2 Å². The normalized spacial score (nSPS) is 10.3. The zero-order valence-electron chi connectivity index (χ0n) is 9.18. The first-order valence-corrected chi connectivity index (χ1v) is 6.20. The summed E-state index contributed by atoms with van der Waals surface area (Å²) >= 11 is 1.78. The van der Waals surface area contributed by atoms with E-state index in [4.69, 9.17) is 5.11 Å². The maximum atomic E-state index is 9.17. The van der Waals surface area contributed by atoms with Crippen LogP contribution in [0.5, 0.6) is 5.75 Å². The van der Waals surface area contributed by atoms with Crippen LogP contribution in [0, 0.1) is 6.92 Å². The average molecular weight is 230 g/mol. The Balaban J connectivity index is 1.99. The highest BCUT2D eigenvalue weighted by molar-refractivity contribution is 7.98. The molecule has 0 spiro atoms. The van der Waals surface area contributed by atoms with Crippen molar-refractivity contribution in [3.05, 3.63) is 59.7 Å². The molecule has 0 aliphatic rings. The molecule has 2 rings (SSSR count). The third-order valence-electron chi connectivity index (χ3n) is 2.32. The van der Waals surface area contributed by atoms with Gasteiger partial charge in [0.25, 0.3) is 0 Å². The third kappa shape index (κ3) is 3.04. The molecule has 1 nitrogen and oxygen atoms in total. The molecule has 82 valence electrons. The lowest BCUT2D eigenvalue weighted by atomic mass is 10.2. The Kier molecular flexibility index (Phi) is 3.52. The van der Waals surface area contributed by atoms with Gasteiger partial charge in [0.2, 0.25) is 0 Å². The van der Waals surface area contributed by atoms with Gasteiger partial charge in [-0.25, -0.2) is 0 Å². The van der Waals surface area contributed by atoms with Crippen LogP contribution in [0.2, 0.25) is 0 Å². The average Bonchev–Trinajstić information content (AvgIpc) is 2.28. The minimum Gasteiger partial charge on any atom is -0.508 e. The second kappa shape index (κ2) is 5.08. The van der Waals surface area contributed by atoms with Crippen LogP contribution in [0.4, 0.5) is 0 Å². The summed E-state index contributed by atoms with van der Waals surface area (Å²) in [5.74, 6) is 1.28. The maximum Gasteiger partial charge on any atom is 0.115 e. The van der Waals surface area contributed by atoms with Crippen LogP contribution in [0.3, 0.4) is 0 Å². The van der Waals surface area contributed by atoms with Crippen molar-refractivity contribution in [2.75, 3.05) is 0 Å². The van der Waals surface area contributed by atoms with Gasteiger partial charge < -0.3 is 5.11 Å². The van der Waals surface area contributed by atoms with Crippen molar-refractivity contribution >= 4 is 11.8 Å². The molecule has 0 unspecified atom stereocenters. The Morgan fingerprint density at radius 3 is 2.50 bits per heavy atom. The molecule has 0 aromatic heterocycles. The molecule has 2 aromatic carbocycles. The van der Waals surface area contributed by atoms with E-state index in [1.165, 1.54) is 16.0 Å². The molecule has 0 amide bonds. The SMILES string of the molecule is Cc1cccc(CSc2ccc(O)cc2)c1. The Bertz CT molecular complexity index is 462. The minimum atomic E-state index is 0.319. The highest BCUT2D eigenvalue weighted by Gasteiger charge is 1.97. The summed E-state index contributed by atoms with van der Waals surface area (Å²) in [4.78, 5) is 1.18. The number of aromatic hydroxyl groups is 1. The highest BCUT2D eigenvalue weighted by atomic mass is 32.2.